The molecule has 0 spiro atoms. The molecule has 1 aliphatic rings. The summed E-state index contributed by atoms with van der Waals surface area (Å²) in [5.74, 6) is 0.666. The van der Waals surface area contributed by atoms with E-state index in [2.05, 4.69) is 14.9 Å². The molecule has 0 aliphatic carbocycles. The van der Waals surface area contributed by atoms with Crippen LogP contribution in [0.15, 0.2) is 42.7 Å². The Balaban J connectivity index is 1.78. The molecule has 2 heterocycles. The Labute approximate surface area is 134 Å². The van der Waals surface area contributed by atoms with Gasteiger partial charge in [0, 0.05) is 30.4 Å². The molecular formula is C16H18ClN3O2. The smallest absolute Gasteiger partial charge is 0.225 e. The molecule has 1 aromatic heterocycles. The van der Waals surface area contributed by atoms with Gasteiger partial charge in [0.15, 0.2) is 0 Å². The van der Waals surface area contributed by atoms with Crippen LogP contribution in [0.4, 0.5) is 5.95 Å². The van der Waals surface area contributed by atoms with Crippen LogP contribution >= 0.6 is 11.6 Å². The largest absolute Gasteiger partial charge is 0.393 e. The van der Waals surface area contributed by atoms with Crippen molar-refractivity contribution in [1.82, 2.24) is 9.97 Å². The fourth-order valence-electron chi connectivity index (χ4n) is 2.70. The first-order valence-corrected chi connectivity index (χ1v) is 7.60. The maximum atomic E-state index is 9.90. The van der Waals surface area contributed by atoms with Gasteiger partial charge in [-0.05, 0) is 23.8 Å². The summed E-state index contributed by atoms with van der Waals surface area (Å²) in [6, 6.07) is 9.41. The molecule has 6 heteroatoms. The highest BCUT2D eigenvalue weighted by Crippen LogP contribution is 2.25. The number of ether oxygens (including phenoxy) is 1. The Kier molecular flexibility index (Phi) is 4.57. The van der Waals surface area contributed by atoms with Crippen LogP contribution in [0.1, 0.15) is 5.56 Å². The molecule has 3 rings (SSSR count). The minimum absolute atomic E-state index is 0.0566. The van der Waals surface area contributed by atoms with E-state index >= 15 is 0 Å². The molecule has 2 aromatic rings. The quantitative estimate of drug-likeness (QED) is 0.933. The predicted octanol–water partition coefficient (Wildman–Crippen LogP) is 1.94. The zero-order valence-electron chi connectivity index (χ0n) is 12.2. The maximum absolute atomic E-state index is 9.90. The molecule has 1 saturated heterocycles. The average molecular weight is 320 g/mol. The SMILES string of the molecule is OC[C@]1(Cc2ccc(Cl)cc2)CN(c2ncccn2)CCO1. The lowest BCUT2D eigenvalue weighted by Crippen LogP contribution is -2.55. The van der Waals surface area contributed by atoms with Crippen LogP contribution in [-0.2, 0) is 11.2 Å². The molecule has 22 heavy (non-hydrogen) atoms. The summed E-state index contributed by atoms with van der Waals surface area (Å²) < 4.78 is 5.92. The van der Waals surface area contributed by atoms with Crippen LogP contribution in [0.3, 0.4) is 0 Å². The van der Waals surface area contributed by atoms with Gasteiger partial charge < -0.3 is 14.7 Å². The van der Waals surface area contributed by atoms with Crippen molar-refractivity contribution in [1.29, 1.82) is 0 Å². The molecule has 5 nitrogen and oxygen atoms in total. The lowest BCUT2D eigenvalue weighted by molar-refractivity contribution is -0.0871. The fraction of sp³-hybridized carbons (Fsp3) is 0.375. The predicted molar refractivity (Wildman–Crippen MR) is 85.2 cm³/mol. The highest BCUT2D eigenvalue weighted by molar-refractivity contribution is 6.30. The second-order valence-electron chi connectivity index (χ2n) is 5.46. The maximum Gasteiger partial charge on any atom is 0.225 e. The van der Waals surface area contributed by atoms with Gasteiger partial charge >= 0.3 is 0 Å². The van der Waals surface area contributed by atoms with Crippen LogP contribution in [-0.4, -0.2) is 47.0 Å². The second kappa shape index (κ2) is 6.60. The minimum Gasteiger partial charge on any atom is -0.393 e. The number of aromatic nitrogens is 2. The normalized spacial score (nSPS) is 21.8. The Hall–Kier alpha value is -1.69. The van der Waals surface area contributed by atoms with E-state index in [0.717, 1.165) is 5.56 Å². The van der Waals surface area contributed by atoms with Crippen LogP contribution < -0.4 is 4.90 Å². The number of hydrogen-bond acceptors (Lipinski definition) is 5. The van der Waals surface area contributed by atoms with Gasteiger partial charge in [0.2, 0.25) is 5.95 Å². The van der Waals surface area contributed by atoms with Crippen molar-refractivity contribution in [2.75, 3.05) is 31.2 Å². The minimum atomic E-state index is -0.648. The highest BCUT2D eigenvalue weighted by atomic mass is 35.5. The zero-order chi connectivity index (χ0) is 15.4. The van der Waals surface area contributed by atoms with Crippen LogP contribution in [0.5, 0.6) is 0 Å². The van der Waals surface area contributed by atoms with Crippen molar-refractivity contribution >= 4 is 17.5 Å². The van der Waals surface area contributed by atoms with Gasteiger partial charge in [0.25, 0.3) is 0 Å². The van der Waals surface area contributed by atoms with E-state index in [4.69, 9.17) is 16.3 Å². The van der Waals surface area contributed by atoms with E-state index in [0.29, 0.717) is 37.1 Å². The van der Waals surface area contributed by atoms with Gasteiger partial charge in [0.1, 0.15) is 5.60 Å². The van der Waals surface area contributed by atoms with E-state index < -0.39 is 5.60 Å². The number of aliphatic hydroxyl groups is 1. The molecule has 1 fully saturated rings. The van der Waals surface area contributed by atoms with Gasteiger partial charge in [-0.25, -0.2) is 9.97 Å². The van der Waals surface area contributed by atoms with E-state index in [9.17, 15) is 5.11 Å². The summed E-state index contributed by atoms with van der Waals surface area (Å²) in [6.45, 7) is 1.74. The van der Waals surface area contributed by atoms with Crippen molar-refractivity contribution in [2.24, 2.45) is 0 Å². The fourth-order valence-corrected chi connectivity index (χ4v) is 2.83. The Morgan fingerprint density at radius 1 is 1.23 bits per heavy atom. The Bertz CT molecular complexity index is 609. The average Bonchev–Trinajstić information content (AvgIpc) is 2.58. The first kappa shape index (κ1) is 15.2. The molecular weight excluding hydrogens is 302 g/mol. The topological polar surface area (TPSA) is 58.5 Å². The van der Waals surface area contributed by atoms with E-state index in [1.165, 1.54) is 0 Å². The summed E-state index contributed by atoms with van der Waals surface area (Å²) in [6.07, 6.45) is 4.05. The van der Waals surface area contributed by atoms with E-state index in [1.54, 1.807) is 18.5 Å². The summed E-state index contributed by atoms with van der Waals surface area (Å²) in [5.41, 5.74) is 0.430. The number of hydrogen-bond donors (Lipinski definition) is 1. The number of aliphatic hydroxyl groups excluding tert-OH is 1. The third-order valence-corrected chi connectivity index (χ3v) is 4.06. The molecule has 116 valence electrons. The number of rotatable bonds is 4. The zero-order valence-corrected chi connectivity index (χ0v) is 12.9. The van der Waals surface area contributed by atoms with Gasteiger partial charge in [-0.2, -0.15) is 0 Å². The summed E-state index contributed by atoms with van der Waals surface area (Å²) >= 11 is 5.92. The molecule has 0 radical (unpaired) electrons. The number of anilines is 1. The van der Waals surface area contributed by atoms with Gasteiger partial charge in [-0.3, -0.25) is 0 Å². The summed E-state index contributed by atoms with van der Waals surface area (Å²) in [7, 11) is 0. The van der Waals surface area contributed by atoms with Crippen molar-refractivity contribution in [3.63, 3.8) is 0 Å². The highest BCUT2D eigenvalue weighted by Gasteiger charge is 2.37. The van der Waals surface area contributed by atoms with Crippen molar-refractivity contribution in [3.8, 4) is 0 Å². The van der Waals surface area contributed by atoms with E-state index in [1.807, 2.05) is 24.3 Å². The number of halogens is 1. The lowest BCUT2D eigenvalue weighted by atomic mass is 9.93. The molecule has 1 aliphatic heterocycles. The van der Waals surface area contributed by atoms with Gasteiger partial charge in [-0.15, -0.1) is 0 Å². The third-order valence-electron chi connectivity index (χ3n) is 3.81. The molecule has 0 bridgehead atoms. The number of benzene rings is 1. The molecule has 1 N–H and O–H groups in total. The third kappa shape index (κ3) is 3.38. The monoisotopic (exact) mass is 319 g/mol. The lowest BCUT2D eigenvalue weighted by Gasteiger charge is -2.41. The first-order chi connectivity index (χ1) is 10.7. The first-order valence-electron chi connectivity index (χ1n) is 7.22. The van der Waals surface area contributed by atoms with Gasteiger partial charge in [-0.1, -0.05) is 23.7 Å². The number of morpholine rings is 1. The van der Waals surface area contributed by atoms with Crippen LogP contribution in [0.25, 0.3) is 0 Å². The van der Waals surface area contributed by atoms with Crippen LogP contribution in [0.2, 0.25) is 5.02 Å². The van der Waals surface area contributed by atoms with Crippen LogP contribution in [0, 0.1) is 0 Å². The summed E-state index contributed by atoms with van der Waals surface area (Å²) in [4.78, 5) is 10.6. The van der Waals surface area contributed by atoms with Crippen molar-refractivity contribution in [3.05, 3.63) is 53.3 Å². The molecule has 0 unspecified atom stereocenters. The van der Waals surface area contributed by atoms with E-state index in [-0.39, 0.29) is 6.61 Å². The van der Waals surface area contributed by atoms with Gasteiger partial charge in [0.05, 0.1) is 19.8 Å². The number of nitrogens with zero attached hydrogens (tertiary/aromatic N) is 3. The summed E-state index contributed by atoms with van der Waals surface area (Å²) in [5, 5.41) is 10.6. The molecule has 0 amide bonds. The molecule has 1 aromatic carbocycles. The Morgan fingerprint density at radius 3 is 2.64 bits per heavy atom. The molecule has 1 atom stereocenters. The molecule has 0 saturated carbocycles. The van der Waals surface area contributed by atoms with Crippen molar-refractivity contribution in [2.45, 2.75) is 12.0 Å². The van der Waals surface area contributed by atoms with Crippen molar-refractivity contribution < 1.29 is 9.84 Å². The second-order valence-corrected chi connectivity index (χ2v) is 5.90. The standard InChI is InChI=1S/C16H18ClN3O2/c17-14-4-2-13(3-5-14)10-16(12-21)11-20(8-9-22-16)15-18-6-1-7-19-15/h1-7,21H,8-12H2/t16-/m0/s1. The Morgan fingerprint density at radius 2 is 1.95 bits per heavy atom.